The maximum Gasteiger partial charge on any atom is 0.282 e. The normalized spacial score (nSPS) is 23.3. The summed E-state index contributed by atoms with van der Waals surface area (Å²) in [6, 6.07) is 43.8. The standard InChI is InChI=1S/C42H40N2O6/c1-29-38(32-20-12-6-13-21-32)49-42(2,41(46)43(29)3)50-39-37(44(40(39)45)33-22-14-7-15-23-33)35-25-24-34(47-27-30-16-8-4-9-17-30)26-36(35)48-28-31-18-10-5-11-19-31/h4-26,29,37-39H,27-28H2,1-3H3/t29-,37+,38-,39-,42+/m0/s1. The van der Waals surface area contributed by atoms with Crippen molar-refractivity contribution in [3.05, 3.63) is 162 Å². The lowest BCUT2D eigenvalue weighted by molar-refractivity contribution is -0.290. The Bertz CT molecular complexity index is 1920. The number of rotatable bonds is 11. The second kappa shape index (κ2) is 14.2. The Balaban J connectivity index is 1.25. The summed E-state index contributed by atoms with van der Waals surface area (Å²) in [5, 5.41) is 0. The van der Waals surface area contributed by atoms with E-state index in [1.54, 1.807) is 23.8 Å². The van der Waals surface area contributed by atoms with Crippen LogP contribution in [0.4, 0.5) is 5.69 Å². The van der Waals surface area contributed by atoms with Gasteiger partial charge in [0.05, 0.1) is 6.04 Å². The van der Waals surface area contributed by atoms with Gasteiger partial charge in [-0.2, -0.15) is 0 Å². The molecule has 8 heteroatoms. The number of hydrogen-bond acceptors (Lipinski definition) is 6. The molecule has 0 N–H and O–H groups in total. The van der Waals surface area contributed by atoms with Gasteiger partial charge in [0, 0.05) is 24.4 Å². The minimum atomic E-state index is -1.73. The van der Waals surface area contributed by atoms with Crippen molar-refractivity contribution in [1.29, 1.82) is 0 Å². The highest BCUT2D eigenvalue weighted by Crippen LogP contribution is 2.48. The molecule has 2 aliphatic rings. The zero-order valence-corrected chi connectivity index (χ0v) is 28.3. The Hall–Kier alpha value is -5.44. The highest BCUT2D eigenvalue weighted by Gasteiger charge is 2.58. The molecular weight excluding hydrogens is 628 g/mol. The minimum absolute atomic E-state index is 0.253. The molecule has 7 rings (SSSR count). The maximum atomic E-state index is 14.1. The summed E-state index contributed by atoms with van der Waals surface area (Å²) in [6.45, 7) is 4.24. The van der Waals surface area contributed by atoms with Crippen LogP contribution in [0.5, 0.6) is 11.5 Å². The number of benzene rings is 5. The van der Waals surface area contributed by atoms with Crippen LogP contribution in [0.25, 0.3) is 0 Å². The summed E-state index contributed by atoms with van der Waals surface area (Å²) < 4.78 is 25.8. The smallest absolute Gasteiger partial charge is 0.282 e. The van der Waals surface area contributed by atoms with Crippen LogP contribution in [0, 0.1) is 0 Å². The van der Waals surface area contributed by atoms with Gasteiger partial charge in [0.25, 0.3) is 11.8 Å². The van der Waals surface area contributed by atoms with E-state index in [0.29, 0.717) is 30.4 Å². The number of para-hydroxylation sites is 1. The zero-order chi connectivity index (χ0) is 34.7. The zero-order valence-electron chi connectivity index (χ0n) is 28.3. The van der Waals surface area contributed by atoms with Gasteiger partial charge in [-0.3, -0.25) is 14.5 Å². The third kappa shape index (κ3) is 6.60. The van der Waals surface area contributed by atoms with E-state index in [1.807, 2.05) is 146 Å². The lowest BCUT2D eigenvalue weighted by atomic mass is 9.88. The number of β-lactam (4-membered cyclic amide) rings is 1. The predicted octanol–water partition coefficient (Wildman–Crippen LogP) is 7.65. The lowest BCUT2D eigenvalue weighted by Gasteiger charge is -2.52. The van der Waals surface area contributed by atoms with Gasteiger partial charge in [-0.05, 0) is 54.8 Å². The van der Waals surface area contributed by atoms with Crippen LogP contribution >= 0.6 is 0 Å². The largest absolute Gasteiger partial charge is 0.489 e. The van der Waals surface area contributed by atoms with Crippen molar-refractivity contribution in [2.24, 2.45) is 0 Å². The van der Waals surface area contributed by atoms with Crippen molar-refractivity contribution in [2.75, 3.05) is 11.9 Å². The molecule has 2 aliphatic heterocycles. The number of nitrogens with zero attached hydrogens (tertiary/aromatic N) is 2. The van der Waals surface area contributed by atoms with E-state index in [2.05, 4.69) is 0 Å². The van der Waals surface area contributed by atoms with Crippen molar-refractivity contribution in [3.8, 4) is 11.5 Å². The van der Waals surface area contributed by atoms with Crippen molar-refractivity contribution < 1.29 is 28.5 Å². The summed E-state index contributed by atoms with van der Waals surface area (Å²) in [4.78, 5) is 31.4. The van der Waals surface area contributed by atoms with Crippen LogP contribution < -0.4 is 14.4 Å². The molecule has 0 saturated carbocycles. The van der Waals surface area contributed by atoms with Crippen LogP contribution in [-0.4, -0.2) is 41.7 Å². The summed E-state index contributed by atoms with van der Waals surface area (Å²) in [5.41, 5.74) is 4.36. The Morgan fingerprint density at radius 3 is 1.90 bits per heavy atom. The van der Waals surface area contributed by atoms with Gasteiger partial charge >= 0.3 is 0 Å². The fraction of sp³-hybridized carbons (Fsp3) is 0.238. The summed E-state index contributed by atoms with van der Waals surface area (Å²) >= 11 is 0. The van der Waals surface area contributed by atoms with Crippen molar-refractivity contribution in [1.82, 2.24) is 4.90 Å². The summed E-state index contributed by atoms with van der Waals surface area (Å²) in [6.07, 6.45) is -1.51. The van der Waals surface area contributed by atoms with Crippen molar-refractivity contribution in [2.45, 2.75) is 57.1 Å². The van der Waals surface area contributed by atoms with E-state index in [9.17, 15) is 9.59 Å². The highest BCUT2D eigenvalue weighted by molar-refractivity contribution is 6.05. The van der Waals surface area contributed by atoms with Crippen LogP contribution in [0.3, 0.4) is 0 Å². The quantitative estimate of drug-likeness (QED) is 0.135. The molecule has 0 spiro atoms. The van der Waals surface area contributed by atoms with Gasteiger partial charge in [0.1, 0.15) is 36.9 Å². The number of carbonyl (C=O) groups excluding carboxylic acids is 2. The molecule has 5 aromatic rings. The van der Waals surface area contributed by atoms with Crippen LogP contribution in [0.1, 0.15) is 48.2 Å². The van der Waals surface area contributed by atoms with Crippen molar-refractivity contribution >= 4 is 17.5 Å². The number of anilines is 1. The number of hydrogen-bond donors (Lipinski definition) is 0. The highest BCUT2D eigenvalue weighted by atomic mass is 16.7. The second-order valence-electron chi connectivity index (χ2n) is 12.8. The first-order valence-electron chi connectivity index (χ1n) is 16.9. The molecule has 8 nitrogen and oxygen atoms in total. The average Bonchev–Trinajstić information content (AvgIpc) is 3.16. The van der Waals surface area contributed by atoms with Crippen LogP contribution in [-0.2, 0) is 32.3 Å². The van der Waals surface area contributed by atoms with E-state index in [4.69, 9.17) is 18.9 Å². The van der Waals surface area contributed by atoms with E-state index >= 15 is 0 Å². The Labute approximate surface area is 292 Å². The molecule has 2 saturated heterocycles. The molecule has 50 heavy (non-hydrogen) atoms. The van der Waals surface area contributed by atoms with Gasteiger partial charge < -0.3 is 23.8 Å². The SMILES string of the molecule is C[C@H]1[C@@H](c2ccccc2)O[C@](C)(O[C@@H]2C(=O)N(c3ccccc3)[C@@H]2c2ccc(OCc3ccccc3)cc2OCc2ccccc2)C(=O)N1C. The van der Waals surface area contributed by atoms with Gasteiger partial charge in [-0.25, -0.2) is 0 Å². The average molecular weight is 669 g/mol. The molecule has 2 amide bonds. The third-order valence-corrected chi connectivity index (χ3v) is 9.46. The number of morpholine rings is 1. The minimum Gasteiger partial charge on any atom is -0.489 e. The van der Waals surface area contributed by atoms with Gasteiger partial charge in [-0.1, -0.05) is 109 Å². The van der Waals surface area contributed by atoms with Gasteiger partial charge in [-0.15, -0.1) is 0 Å². The number of carbonyl (C=O) groups is 2. The molecular formula is C42H40N2O6. The Morgan fingerprint density at radius 2 is 1.28 bits per heavy atom. The predicted molar refractivity (Wildman–Crippen MR) is 190 cm³/mol. The molecule has 0 unspecified atom stereocenters. The van der Waals surface area contributed by atoms with Crippen LogP contribution in [0.2, 0.25) is 0 Å². The monoisotopic (exact) mass is 668 g/mol. The van der Waals surface area contributed by atoms with Gasteiger partial charge in [0.2, 0.25) is 5.79 Å². The van der Waals surface area contributed by atoms with E-state index in [-0.39, 0.29) is 17.9 Å². The topological polar surface area (TPSA) is 77.5 Å². The molecule has 5 atom stereocenters. The molecule has 254 valence electrons. The maximum absolute atomic E-state index is 14.1. The van der Waals surface area contributed by atoms with Crippen molar-refractivity contribution in [3.63, 3.8) is 0 Å². The molecule has 0 radical (unpaired) electrons. The third-order valence-electron chi connectivity index (χ3n) is 9.46. The van der Waals surface area contributed by atoms with E-state index in [1.165, 1.54) is 0 Å². The Kier molecular flexibility index (Phi) is 9.39. The molecule has 0 bridgehead atoms. The second-order valence-corrected chi connectivity index (χ2v) is 12.8. The first kappa shape index (κ1) is 33.1. The first-order chi connectivity index (χ1) is 24.3. The van der Waals surface area contributed by atoms with Crippen LogP contribution in [0.15, 0.2) is 140 Å². The lowest BCUT2D eigenvalue weighted by Crippen LogP contribution is -2.67. The van der Waals surface area contributed by atoms with E-state index < -0.39 is 24.0 Å². The van der Waals surface area contributed by atoms with Gasteiger partial charge in [0.15, 0.2) is 6.10 Å². The molecule has 2 fully saturated rings. The molecule has 5 aromatic carbocycles. The number of ether oxygens (including phenoxy) is 4. The first-order valence-corrected chi connectivity index (χ1v) is 16.9. The molecule has 2 heterocycles. The fourth-order valence-corrected chi connectivity index (χ4v) is 6.62. The van der Waals surface area contributed by atoms with E-state index in [0.717, 1.165) is 22.3 Å². The molecule has 0 aromatic heterocycles. The summed E-state index contributed by atoms with van der Waals surface area (Å²) in [5.74, 6) is -1.20. The molecule has 0 aliphatic carbocycles. The Morgan fingerprint density at radius 1 is 0.720 bits per heavy atom. The number of likely N-dealkylation sites (N-methyl/N-ethyl adjacent to an activating group) is 1. The fourth-order valence-electron chi connectivity index (χ4n) is 6.62. The number of amides is 2. The summed E-state index contributed by atoms with van der Waals surface area (Å²) in [7, 11) is 1.74.